The molecule has 3 aromatic rings. The Balaban J connectivity index is 2.07. The van der Waals surface area contributed by atoms with Gasteiger partial charge in [-0.1, -0.05) is 11.6 Å². The Morgan fingerprint density at radius 3 is 2.35 bits per heavy atom. The van der Waals surface area contributed by atoms with Gasteiger partial charge < -0.3 is 10.8 Å². The molecule has 0 aliphatic heterocycles. The van der Waals surface area contributed by atoms with Crippen LogP contribution in [0, 0.1) is 0 Å². The minimum absolute atomic E-state index is 0.206. The van der Waals surface area contributed by atoms with E-state index in [1.54, 1.807) is 24.3 Å². The van der Waals surface area contributed by atoms with Crippen LogP contribution >= 0.6 is 11.6 Å². The molecule has 0 spiro atoms. The van der Waals surface area contributed by atoms with Gasteiger partial charge in [0.25, 0.3) is 0 Å². The van der Waals surface area contributed by atoms with Gasteiger partial charge in [0.2, 0.25) is 0 Å². The highest BCUT2D eigenvalue weighted by molar-refractivity contribution is 6.33. The molecule has 1 heterocycles. The maximum atomic E-state index is 10.8. The van der Waals surface area contributed by atoms with Crippen molar-refractivity contribution in [2.24, 2.45) is 0 Å². The summed E-state index contributed by atoms with van der Waals surface area (Å²) in [6, 6.07) is 9.54. The van der Waals surface area contributed by atoms with Gasteiger partial charge in [0.15, 0.2) is 0 Å². The van der Waals surface area contributed by atoms with Crippen molar-refractivity contribution in [1.82, 2.24) is 15.0 Å². The lowest BCUT2D eigenvalue weighted by molar-refractivity contribution is 0.0697. The third kappa shape index (κ3) is 2.06. The molecule has 0 radical (unpaired) electrons. The molecule has 1 aromatic heterocycles. The summed E-state index contributed by atoms with van der Waals surface area (Å²) in [6.07, 6.45) is 0. The van der Waals surface area contributed by atoms with Crippen LogP contribution in [-0.4, -0.2) is 26.1 Å². The van der Waals surface area contributed by atoms with Crippen molar-refractivity contribution in [3.8, 4) is 5.69 Å². The monoisotopic (exact) mass is 288 g/mol. The summed E-state index contributed by atoms with van der Waals surface area (Å²) in [5.74, 6) is -0.977. The number of benzene rings is 2. The molecule has 2 aromatic carbocycles. The zero-order valence-corrected chi connectivity index (χ0v) is 10.9. The number of carboxylic acids is 1. The molecule has 0 saturated heterocycles. The molecule has 0 amide bonds. The van der Waals surface area contributed by atoms with E-state index in [-0.39, 0.29) is 5.56 Å². The first kappa shape index (κ1) is 12.4. The molecule has 0 saturated carbocycles. The molecule has 0 aliphatic rings. The summed E-state index contributed by atoms with van der Waals surface area (Å²) in [7, 11) is 0. The highest BCUT2D eigenvalue weighted by atomic mass is 35.5. The molecule has 6 nitrogen and oxygen atoms in total. The number of nitrogens with zero attached hydrogens (tertiary/aromatic N) is 3. The van der Waals surface area contributed by atoms with Crippen LogP contribution in [0.4, 0.5) is 5.69 Å². The van der Waals surface area contributed by atoms with Crippen molar-refractivity contribution < 1.29 is 9.90 Å². The Bertz CT molecular complexity index is 772. The quantitative estimate of drug-likeness (QED) is 0.706. The molecule has 20 heavy (non-hydrogen) atoms. The van der Waals surface area contributed by atoms with E-state index in [9.17, 15) is 4.79 Å². The Morgan fingerprint density at radius 2 is 1.75 bits per heavy atom. The second kappa shape index (κ2) is 4.50. The molecule has 0 fully saturated rings. The summed E-state index contributed by atoms with van der Waals surface area (Å²) in [5, 5.41) is 17.8. The van der Waals surface area contributed by atoms with E-state index in [0.29, 0.717) is 27.4 Å². The van der Waals surface area contributed by atoms with Gasteiger partial charge in [0.1, 0.15) is 11.0 Å². The minimum Gasteiger partial charge on any atom is -0.478 e. The summed E-state index contributed by atoms with van der Waals surface area (Å²) >= 11 is 5.93. The number of rotatable bonds is 2. The number of nitrogens with two attached hydrogens (primary N) is 1. The highest BCUT2D eigenvalue weighted by Crippen LogP contribution is 2.24. The Labute approximate surface area is 118 Å². The molecule has 0 aliphatic carbocycles. The van der Waals surface area contributed by atoms with Gasteiger partial charge in [0, 0.05) is 0 Å². The fourth-order valence-corrected chi connectivity index (χ4v) is 1.96. The van der Waals surface area contributed by atoms with E-state index >= 15 is 0 Å². The lowest BCUT2D eigenvalue weighted by Gasteiger charge is -1.99. The lowest BCUT2D eigenvalue weighted by Crippen LogP contribution is -2.00. The number of aromatic nitrogens is 3. The molecule has 0 unspecified atom stereocenters. The summed E-state index contributed by atoms with van der Waals surface area (Å²) in [4.78, 5) is 12.2. The first-order valence-electron chi connectivity index (χ1n) is 5.70. The molecule has 3 N–H and O–H groups in total. The second-order valence-electron chi connectivity index (χ2n) is 4.20. The van der Waals surface area contributed by atoms with E-state index in [1.165, 1.54) is 16.9 Å². The van der Waals surface area contributed by atoms with Crippen LogP contribution in [0.25, 0.3) is 16.7 Å². The molecular weight excluding hydrogens is 280 g/mol. The van der Waals surface area contributed by atoms with Crippen molar-refractivity contribution in [1.29, 1.82) is 0 Å². The Morgan fingerprint density at radius 1 is 1.15 bits per heavy atom. The molecule has 3 rings (SSSR count). The number of hydrogen-bond donors (Lipinski definition) is 2. The summed E-state index contributed by atoms with van der Waals surface area (Å²) in [5.41, 5.74) is 8.25. The van der Waals surface area contributed by atoms with Gasteiger partial charge in [-0.25, -0.2) is 4.79 Å². The molecule has 100 valence electrons. The van der Waals surface area contributed by atoms with Crippen molar-refractivity contribution in [2.45, 2.75) is 0 Å². The zero-order chi connectivity index (χ0) is 14.3. The van der Waals surface area contributed by atoms with Crippen LogP contribution in [0.3, 0.4) is 0 Å². The average molecular weight is 289 g/mol. The fourth-order valence-electron chi connectivity index (χ4n) is 1.81. The fraction of sp³-hybridized carbons (Fsp3) is 0. The number of nitrogen functional groups attached to an aromatic ring is 1. The lowest BCUT2D eigenvalue weighted by atomic mass is 10.2. The topological polar surface area (TPSA) is 94.0 Å². The van der Waals surface area contributed by atoms with Crippen LogP contribution in [0.1, 0.15) is 10.4 Å². The number of anilines is 1. The first-order valence-corrected chi connectivity index (χ1v) is 6.08. The van der Waals surface area contributed by atoms with Crippen molar-refractivity contribution in [3.63, 3.8) is 0 Å². The largest absolute Gasteiger partial charge is 0.478 e. The van der Waals surface area contributed by atoms with E-state index in [4.69, 9.17) is 22.4 Å². The smallest absolute Gasteiger partial charge is 0.335 e. The van der Waals surface area contributed by atoms with E-state index in [0.717, 1.165) is 0 Å². The normalized spacial score (nSPS) is 10.8. The Kier molecular flexibility index (Phi) is 2.80. The van der Waals surface area contributed by atoms with Crippen molar-refractivity contribution >= 4 is 34.3 Å². The van der Waals surface area contributed by atoms with Crippen LogP contribution in [0.5, 0.6) is 0 Å². The third-order valence-electron chi connectivity index (χ3n) is 2.84. The van der Waals surface area contributed by atoms with Crippen LogP contribution in [0.15, 0.2) is 36.4 Å². The third-order valence-corrected chi connectivity index (χ3v) is 3.17. The van der Waals surface area contributed by atoms with E-state index in [2.05, 4.69) is 10.2 Å². The van der Waals surface area contributed by atoms with Crippen LogP contribution < -0.4 is 5.73 Å². The summed E-state index contributed by atoms with van der Waals surface area (Å²) < 4.78 is 0. The number of aromatic carboxylic acids is 1. The maximum Gasteiger partial charge on any atom is 0.335 e. The summed E-state index contributed by atoms with van der Waals surface area (Å²) in [6.45, 7) is 0. The van der Waals surface area contributed by atoms with Crippen molar-refractivity contribution in [2.75, 3.05) is 5.73 Å². The average Bonchev–Trinajstić information content (AvgIpc) is 2.82. The van der Waals surface area contributed by atoms with E-state index in [1.807, 2.05) is 0 Å². The number of fused-ring (bicyclic) bond motifs is 1. The van der Waals surface area contributed by atoms with Gasteiger partial charge in [-0.05, 0) is 36.4 Å². The first-order chi connectivity index (χ1) is 9.54. The number of halogens is 1. The van der Waals surface area contributed by atoms with Crippen molar-refractivity contribution in [3.05, 3.63) is 47.0 Å². The Hall–Kier alpha value is -2.60. The predicted molar refractivity (Wildman–Crippen MR) is 75.2 cm³/mol. The molecule has 0 bridgehead atoms. The molecule has 7 heteroatoms. The molecule has 0 atom stereocenters. The number of carboxylic acid groups (broad SMARTS) is 1. The SMILES string of the molecule is Nc1cc2nn(-c3ccc(C(=O)O)cc3)nc2cc1Cl. The maximum absolute atomic E-state index is 10.8. The van der Waals surface area contributed by atoms with Gasteiger partial charge >= 0.3 is 5.97 Å². The molecular formula is C13H9ClN4O2. The zero-order valence-electron chi connectivity index (χ0n) is 10.1. The number of carbonyl (C=O) groups is 1. The van der Waals surface area contributed by atoms with Gasteiger partial charge in [-0.2, -0.15) is 4.80 Å². The van der Waals surface area contributed by atoms with E-state index < -0.39 is 5.97 Å². The standard InChI is InChI=1S/C13H9ClN4O2/c14-9-5-11-12(6-10(9)15)17-18(16-11)8-3-1-7(2-4-8)13(19)20/h1-6H,15H2,(H,19,20). The number of hydrogen-bond acceptors (Lipinski definition) is 4. The van der Waals surface area contributed by atoms with Gasteiger partial charge in [-0.3, -0.25) is 0 Å². The van der Waals surface area contributed by atoms with Crippen LogP contribution in [0.2, 0.25) is 5.02 Å². The highest BCUT2D eigenvalue weighted by Gasteiger charge is 2.08. The van der Waals surface area contributed by atoms with Crippen LogP contribution in [-0.2, 0) is 0 Å². The van der Waals surface area contributed by atoms with Gasteiger partial charge in [-0.15, -0.1) is 10.2 Å². The van der Waals surface area contributed by atoms with Gasteiger partial charge in [0.05, 0.1) is 22.0 Å². The predicted octanol–water partition coefficient (Wildman–Crippen LogP) is 2.35. The minimum atomic E-state index is -0.977. The second-order valence-corrected chi connectivity index (χ2v) is 4.61.